The minimum Gasteiger partial charge on any atom is -0.310 e. The first-order valence-electron chi connectivity index (χ1n) is 21.0. The van der Waals surface area contributed by atoms with E-state index in [0.29, 0.717) is 0 Å². The first-order valence-corrected chi connectivity index (χ1v) is 21.8. The number of nitrogens with zero attached hydrogens (tertiary/aromatic N) is 3. The zero-order chi connectivity index (χ0) is 40.7. The highest BCUT2D eigenvalue weighted by Gasteiger charge is 2.36. The highest BCUT2D eigenvalue weighted by molar-refractivity contribution is 7.25. The van der Waals surface area contributed by atoms with Gasteiger partial charge in [-0.1, -0.05) is 117 Å². The second kappa shape index (κ2) is 13.8. The van der Waals surface area contributed by atoms with Gasteiger partial charge in [0.05, 0.1) is 11.0 Å². The van der Waals surface area contributed by atoms with Crippen LogP contribution in [0.15, 0.2) is 212 Å². The van der Waals surface area contributed by atoms with Crippen LogP contribution in [0.1, 0.15) is 25.0 Å². The van der Waals surface area contributed by atoms with E-state index >= 15 is 0 Å². The monoisotopic (exact) mass is 799 g/mol. The third kappa shape index (κ3) is 5.63. The average molecular weight is 800 g/mol. The summed E-state index contributed by atoms with van der Waals surface area (Å²) in [4.78, 5) is 4.73. The molecule has 1 aliphatic rings. The molecule has 0 atom stereocenters. The third-order valence-corrected chi connectivity index (χ3v) is 13.9. The van der Waals surface area contributed by atoms with Crippen molar-refractivity contribution in [1.29, 1.82) is 0 Å². The molecule has 0 aliphatic heterocycles. The average Bonchev–Trinajstić information content (AvgIpc) is 3.91. The molecule has 4 heteroatoms. The number of aromatic nitrogens is 1. The molecule has 3 nitrogen and oxygen atoms in total. The Morgan fingerprint density at radius 2 is 0.852 bits per heavy atom. The molecular formula is C57H41N3S. The number of hydrogen-bond donors (Lipinski definition) is 0. The molecule has 0 radical (unpaired) electrons. The van der Waals surface area contributed by atoms with Gasteiger partial charge in [-0.05, 0) is 131 Å². The number of fused-ring (bicyclic) bond motifs is 9. The molecule has 290 valence electrons. The summed E-state index contributed by atoms with van der Waals surface area (Å²) in [5, 5.41) is 5.09. The number of rotatable bonds is 7. The van der Waals surface area contributed by atoms with E-state index in [1.54, 1.807) is 0 Å². The van der Waals surface area contributed by atoms with Gasteiger partial charge in [-0.3, -0.25) is 0 Å². The Hall–Kier alpha value is -7.40. The van der Waals surface area contributed by atoms with Crippen LogP contribution in [0.3, 0.4) is 0 Å². The summed E-state index contributed by atoms with van der Waals surface area (Å²) in [7, 11) is 0. The first-order chi connectivity index (χ1) is 30.0. The predicted molar refractivity (Wildman–Crippen MR) is 261 cm³/mol. The van der Waals surface area contributed by atoms with Crippen molar-refractivity contribution in [2.75, 3.05) is 9.80 Å². The molecule has 0 saturated heterocycles. The fraction of sp³-hybridized carbons (Fsp3) is 0.0526. The van der Waals surface area contributed by atoms with Crippen molar-refractivity contribution < 1.29 is 0 Å². The van der Waals surface area contributed by atoms with E-state index in [-0.39, 0.29) is 5.41 Å². The van der Waals surface area contributed by atoms with Crippen LogP contribution in [0.25, 0.3) is 58.8 Å². The van der Waals surface area contributed by atoms with Gasteiger partial charge in [0, 0.05) is 76.2 Å². The number of benzene rings is 9. The van der Waals surface area contributed by atoms with Crippen LogP contribution in [-0.2, 0) is 5.41 Å². The topological polar surface area (TPSA) is 11.4 Å². The lowest BCUT2D eigenvalue weighted by atomic mass is 9.82. The van der Waals surface area contributed by atoms with Crippen molar-refractivity contribution in [1.82, 2.24) is 4.57 Å². The third-order valence-electron chi connectivity index (χ3n) is 12.7. The second-order valence-corrected chi connectivity index (χ2v) is 17.7. The van der Waals surface area contributed by atoms with Crippen molar-refractivity contribution in [3.05, 3.63) is 223 Å². The minimum absolute atomic E-state index is 0.151. The van der Waals surface area contributed by atoms with E-state index < -0.39 is 0 Å². The van der Waals surface area contributed by atoms with Gasteiger partial charge in [0.1, 0.15) is 0 Å². The Kier molecular flexibility index (Phi) is 8.06. The maximum absolute atomic E-state index is 2.51. The van der Waals surface area contributed by atoms with Gasteiger partial charge in [-0.25, -0.2) is 0 Å². The van der Waals surface area contributed by atoms with Crippen molar-refractivity contribution >= 4 is 87.4 Å². The van der Waals surface area contributed by atoms with E-state index in [1.807, 2.05) is 11.3 Å². The van der Waals surface area contributed by atoms with Crippen molar-refractivity contribution in [2.45, 2.75) is 19.3 Å². The highest BCUT2D eigenvalue weighted by Crippen LogP contribution is 2.52. The van der Waals surface area contributed by atoms with Crippen LogP contribution in [-0.4, -0.2) is 4.57 Å². The van der Waals surface area contributed by atoms with Crippen molar-refractivity contribution in [3.8, 4) is 16.8 Å². The van der Waals surface area contributed by atoms with Gasteiger partial charge in [-0.2, -0.15) is 0 Å². The standard InChI is InChI=1S/C57H41N3S/c1-57(2)51-30-27-42(58(38-17-7-3-8-18-38)39-19-9-4-10-20-39)33-46(51)47-34-44(28-31-52(47)57)60-53-32-29-43(59(40-21-11-5-12-22-40)41-23-13-6-14-24-41)35-48(53)49-37-56-50(36-54(49)60)45-25-15-16-26-55(45)61-56/h3-37H,1-2H3. The van der Waals surface area contributed by atoms with Crippen LogP contribution < -0.4 is 9.80 Å². The van der Waals surface area contributed by atoms with Gasteiger partial charge in [0.2, 0.25) is 0 Å². The van der Waals surface area contributed by atoms with Gasteiger partial charge in [-0.15, -0.1) is 11.3 Å². The maximum Gasteiger partial charge on any atom is 0.0548 e. The fourth-order valence-electron chi connectivity index (χ4n) is 9.87. The van der Waals surface area contributed by atoms with E-state index in [1.165, 1.54) is 64.2 Å². The lowest BCUT2D eigenvalue weighted by molar-refractivity contribution is 0.660. The van der Waals surface area contributed by atoms with Gasteiger partial charge in [0.25, 0.3) is 0 Å². The van der Waals surface area contributed by atoms with Crippen LogP contribution in [0, 0.1) is 0 Å². The summed E-state index contributed by atoms with van der Waals surface area (Å²) in [6, 6.07) is 77.7. The van der Waals surface area contributed by atoms with Crippen LogP contribution in [0.4, 0.5) is 34.1 Å². The summed E-state index contributed by atoms with van der Waals surface area (Å²) < 4.78 is 5.12. The molecular weight excluding hydrogens is 759 g/mol. The number of anilines is 6. The lowest BCUT2D eigenvalue weighted by Crippen LogP contribution is -2.15. The number of para-hydroxylation sites is 4. The Balaban J connectivity index is 1.09. The maximum atomic E-state index is 2.51. The summed E-state index contributed by atoms with van der Waals surface area (Å²) in [5.41, 5.74) is 15.5. The molecule has 0 fully saturated rings. The normalized spacial score (nSPS) is 12.9. The number of hydrogen-bond acceptors (Lipinski definition) is 3. The zero-order valence-corrected chi connectivity index (χ0v) is 34.8. The van der Waals surface area contributed by atoms with E-state index in [9.17, 15) is 0 Å². The fourth-order valence-corrected chi connectivity index (χ4v) is 11.0. The number of thiophene rings is 1. The molecule has 11 aromatic rings. The van der Waals surface area contributed by atoms with Gasteiger partial charge >= 0.3 is 0 Å². The summed E-state index contributed by atoms with van der Waals surface area (Å²) in [5.74, 6) is 0. The predicted octanol–water partition coefficient (Wildman–Crippen LogP) is 16.4. The van der Waals surface area contributed by atoms with Crippen molar-refractivity contribution in [2.24, 2.45) is 0 Å². The van der Waals surface area contributed by atoms with Crippen molar-refractivity contribution in [3.63, 3.8) is 0 Å². The Morgan fingerprint density at radius 1 is 0.361 bits per heavy atom. The molecule has 0 saturated carbocycles. The lowest BCUT2D eigenvalue weighted by Gasteiger charge is -2.27. The SMILES string of the molecule is CC1(C)c2ccc(N(c3ccccc3)c3ccccc3)cc2-c2cc(-n3c4ccc(N(c5ccccc5)c5ccccc5)cc4c4cc5sc6ccccc6c5cc43)ccc21. The minimum atomic E-state index is -0.151. The summed E-state index contributed by atoms with van der Waals surface area (Å²) in [6.45, 7) is 4.74. The highest BCUT2D eigenvalue weighted by atomic mass is 32.1. The molecule has 12 rings (SSSR count). The first kappa shape index (κ1) is 35.5. The Bertz CT molecular complexity index is 3360. The van der Waals surface area contributed by atoms with Gasteiger partial charge < -0.3 is 14.4 Å². The molecule has 9 aromatic carbocycles. The molecule has 0 amide bonds. The molecule has 2 aromatic heterocycles. The zero-order valence-electron chi connectivity index (χ0n) is 34.0. The molecule has 61 heavy (non-hydrogen) atoms. The quantitative estimate of drug-likeness (QED) is 0.159. The van der Waals surface area contributed by atoms with E-state index in [2.05, 4.69) is 241 Å². The molecule has 2 heterocycles. The second-order valence-electron chi connectivity index (χ2n) is 16.6. The van der Waals surface area contributed by atoms with Gasteiger partial charge in [0.15, 0.2) is 0 Å². The smallest absolute Gasteiger partial charge is 0.0548 e. The Morgan fingerprint density at radius 3 is 1.46 bits per heavy atom. The molecule has 1 aliphatic carbocycles. The van der Waals surface area contributed by atoms with E-state index in [0.717, 1.165) is 39.8 Å². The molecule has 0 bridgehead atoms. The Labute approximate surface area is 359 Å². The summed E-state index contributed by atoms with van der Waals surface area (Å²) in [6.07, 6.45) is 0. The largest absolute Gasteiger partial charge is 0.310 e. The van der Waals surface area contributed by atoms with Crippen LogP contribution in [0.5, 0.6) is 0 Å². The van der Waals surface area contributed by atoms with Crippen LogP contribution in [0.2, 0.25) is 0 Å². The van der Waals surface area contributed by atoms with Crippen LogP contribution >= 0.6 is 11.3 Å². The molecule has 0 N–H and O–H groups in total. The molecule has 0 spiro atoms. The summed E-state index contributed by atoms with van der Waals surface area (Å²) >= 11 is 1.88. The molecule has 0 unspecified atom stereocenters. The van der Waals surface area contributed by atoms with E-state index in [4.69, 9.17) is 0 Å².